The van der Waals surface area contributed by atoms with Gasteiger partial charge in [0.1, 0.15) is 5.82 Å². The van der Waals surface area contributed by atoms with Gasteiger partial charge in [0.25, 0.3) is 5.91 Å². The summed E-state index contributed by atoms with van der Waals surface area (Å²) >= 11 is 0. The van der Waals surface area contributed by atoms with Crippen molar-refractivity contribution < 1.29 is 14.3 Å². The molecule has 4 nitrogen and oxygen atoms in total. The van der Waals surface area contributed by atoms with Gasteiger partial charge in [-0.3, -0.25) is 4.79 Å². The number of hydrogen-bond acceptors (Lipinski definition) is 3. The van der Waals surface area contributed by atoms with E-state index in [0.717, 1.165) is 0 Å². The fraction of sp³-hybridized carbons (Fsp3) is 0.357. The third-order valence-corrected chi connectivity index (χ3v) is 2.78. The van der Waals surface area contributed by atoms with E-state index in [-0.39, 0.29) is 24.8 Å². The van der Waals surface area contributed by atoms with Gasteiger partial charge in [-0.05, 0) is 25.1 Å². The third-order valence-electron chi connectivity index (χ3n) is 2.78. The monoisotopic (exact) mass is 264 g/mol. The van der Waals surface area contributed by atoms with Crippen LogP contribution in [0.4, 0.5) is 4.39 Å². The average molecular weight is 264 g/mol. The summed E-state index contributed by atoms with van der Waals surface area (Å²) in [6.45, 7) is 1.69. The molecule has 3 N–H and O–H groups in total. The highest BCUT2D eigenvalue weighted by Gasteiger charge is 2.20. The standard InChI is InChI=1S/C14H17FN2O2/c1-10(9-18)17(2)14(19)12-8-11(4-3-7-16)5-6-13(12)15/h5-6,8,10,18H,7,9,16H2,1-2H3. The second-order valence-corrected chi connectivity index (χ2v) is 4.15. The minimum absolute atomic E-state index is 0.0633. The highest BCUT2D eigenvalue weighted by molar-refractivity contribution is 5.94. The molecule has 1 aromatic carbocycles. The van der Waals surface area contributed by atoms with E-state index in [9.17, 15) is 9.18 Å². The number of nitrogens with two attached hydrogens (primary N) is 1. The van der Waals surface area contributed by atoms with Crippen molar-refractivity contribution in [3.8, 4) is 11.8 Å². The first kappa shape index (κ1) is 15.2. The summed E-state index contributed by atoms with van der Waals surface area (Å²) in [6, 6.07) is 3.70. The Morgan fingerprint density at radius 2 is 2.26 bits per heavy atom. The largest absolute Gasteiger partial charge is 0.394 e. The summed E-state index contributed by atoms with van der Waals surface area (Å²) in [4.78, 5) is 13.4. The fourth-order valence-electron chi connectivity index (χ4n) is 1.43. The third kappa shape index (κ3) is 3.78. The lowest BCUT2D eigenvalue weighted by atomic mass is 10.1. The second-order valence-electron chi connectivity index (χ2n) is 4.15. The maximum absolute atomic E-state index is 13.7. The molecule has 1 atom stereocenters. The number of likely N-dealkylation sites (N-methyl/N-ethyl adjacent to an activating group) is 1. The zero-order chi connectivity index (χ0) is 14.4. The topological polar surface area (TPSA) is 66.6 Å². The normalized spacial score (nSPS) is 11.4. The van der Waals surface area contributed by atoms with Crippen LogP contribution in [0.3, 0.4) is 0 Å². The molecule has 1 unspecified atom stereocenters. The van der Waals surface area contributed by atoms with E-state index >= 15 is 0 Å². The molecular formula is C14H17FN2O2. The van der Waals surface area contributed by atoms with Gasteiger partial charge in [-0.2, -0.15) is 0 Å². The molecule has 0 bridgehead atoms. The van der Waals surface area contributed by atoms with Gasteiger partial charge in [-0.1, -0.05) is 11.8 Å². The van der Waals surface area contributed by atoms with E-state index in [2.05, 4.69) is 11.8 Å². The van der Waals surface area contributed by atoms with Gasteiger partial charge in [0, 0.05) is 12.6 Å². The minimum Gasteiger partial charge on any atom is -0.394 e. The van der Waals surface area contributed by atoms with Gasteiger partial charge in [0.15, 0.2) is 0 Å². The maximum atomic E-state index is 13.7. The van der Waals surface area contributed by atoms with Crippen molar-refractivity contribution in [1.82, 2.24) is 4.90 Å². The molecule has 5 heteroatoms. The molecule has 0 saturated heterocycles. The van der Waals surface area contributed by atoms with E-state index in [1.807, 2.05) is 0 Å². The van der Waals surface area contributed by atoms with E-state index in [1.54, 1.807) is 6.92 Å². The van der Waals surface area contributed by atoms with Crippen molar-refractivity contribution in [2.24, 2.45) is 5.73 Å². The number of carbonyl (C=O) groups excluding carboxylic acids is 1. The smallest absolute Gasteiger partial charge is 0.256 e. The lowest BCUT2D eigenvalue weighted by Crippen LogP contribution is -2.37. The number of benzene rings is 1. The van der Waals surface area contributed by atoms with E-state index in [0.29, 0.717) is 5.56 Å². The van der Waals surface area contributed by atoms with Gasteiger partial charge < -0.3 is 15.7 Å². The number of aliphatic hydroxyl groups excluding tert-OH is 1. The Balaban J connectivity index is 3.08. The molecule has 0 aliphatic carbocycles. The number of hydrogen-bond donors (Lipinski definition) is 2. The van der Waals surface area contributed by atoms with Crippen LogP contribution in [0.25, 0.3) is 0 Å². The lowest BCUT2D eigenvalue weighted by molar-refractivity contribution is 0.0677. The molecule has 0 saturated carbocycles. The predicted octanol–water partition coefficient (Wildman–Crippen LogP) is 0.589. The summed E-state index contributed by atoms with van der Waals surface area (Å²) in [5.74, 6) is 4.29. The summed E-state index contributed by atoms with van der Waals surface area (Å²) < 4.78 is 13.7. The molecule has 0 heterocycles. The van der Waals surface area contributed by atoms with E-state index in [1.165, 1.54) is 30.1 Å². The zero-order valence-electron chi connectivity index (χ0n) is 11.0. The lowest BCUT2D eigenvalue weighted by Gasteiger charge is -2.23. The van der Waals surface area contributed by atoms with Gasteiger partial charge in [-0.25, -0.2) is 4.39 Å². The van der Waals surface area contributed by atoms with Crippen molar-refractivity contribution >= 4 is 5.91 Å². The molecule has 0 aliphatic rings. The Morgan fingerprint density at radius 3 is 2.84 bits per heavy atom. The predicted molar refractivity (Wildman–Crippen MR) is 71.0 cm³/mol. The second kappa shape index (κ2) is 6.88. The number of aliphatic hydroxyl groups is 1. The van der Waals surface area contributed by atoms with Crippen LogP contribution in [0.1, 0.15) is 22.8 Å². The summed E-state index contributed by atoms with van der Waals surface area (Å²) in [7, 11) is 1.51. The Labute approximate surface area is 112 Å². The molecule has 0 aliphatic heterocycles. The average Bonchev–Trinajstić information content (AvgIpc) is 2.43. The first-order chi connectivity index (χ1) is 9.01. The molecule has 102 valence electrons. The quantitative estimate of drug-likeness (QED) is 0.785. The van der Waals surface area contributed by atoms with E-state index in [4.69, 9.17) is 10.8 Å². The van der Waals surface area contributed by atoms with Crippen LogP contribution in [0.15, 0.2) is 18.2 Å². The highest BCUT2D eigenvalue weighted by Crippen LogP contribution is 2.13. The molecule has 19 heavy (non-hydrogen) atoms. The molecule has 1 rings (SSSR count). The van der Waals surface area contributed by atoms with Crippen molar-refractivity contribution in [1.29, 1.82) is 0 Å². The van der Waals surface area contributed by atoms with Crippen LogP contribution < -0.4 is 5.73 Å². The Bertz CT molecular complexity index is 520. The number of halogens is 1. The van der Waals surface area contributed by atoms with Crippen LogP contribution in [0.5, 0.6) is 0 Å². The van der Waals surface area contributed by atoms with Crippen LogP contribution in [-0.2, 0) is 0 Å². The SMILES string of the molecule is CC(CO)N(C)C(=O)c1cc(C#CCN)ccc1F. The first-order valence-corrected chi connectivity index (χ1v) is 5.87. The maximum Gasteiger partial charge on any atom is 0.256 e. The summed E-state index contributed by atoms with van der Waals surface area (Å²) in [6.07, 6.45) is 0. The highest BCUT2D eigenvalue weighted by atomic mass is 19.1. The molecule has 0 aromatic heterocycles. The van der Waals surface area contributed by atoms with Gasteiger partial charge in [0.05, 0.1) is 24.8 Å². The molecule has 0 spiro atoms. The van der Waals surface area contributed by atoms with Crippen molar-refractivity contribution in [2.45, 2.75) is 13.0 Å². The molecule has 0 radical (unpaired) electrons. The number of nitrogens with zero attached hydrogens (tertiary/aromatic N) is 1. The Kier molecular flexibility index (Phi) is 5.49. The molecule has 1 amide bonds. The van der Waals surface area contributed by atoms with Crippen LogP contribution in [0, 0.1) is 17.7 Å². The Hall–Kier alpha value is -1.90. The van der Waals surface area contributed by atoms with Crippen LogP contribution in [-0.4, -0.2) is 42.2 Å². The van der Waals surface area contributed by atoms with Gasteiger partial charge >= 0.3 is 0 Å². The minimum atomic E-state index is -0.611. The molecular weight excluding hydrogens is 247 g/mol. The van der Waals surface area contributed by atoms with Gasteiger partial charge in [-0.15, -0.1) is 0 Å². The first-order valence-electron chi connectivity index (χ1n) is 5.87. The Morgan fingerprint density at radius 1 is 1.58 bits per heavy atom. The van der Waals surface area contributed by atoms with Crippen molar-refractivity contribution in [3.63, 3.8) is 0 Å². The fourth-order valence-corrected chi connectivity index (χ4v) is 1.43. The van der Waals surface area contributed by atoms with Crippen molar-refractivity contribution in [3.05, 3.63) is 35.1 Å². The number of rotatable bonds is 3. The zero-order valence-corrected chi connectivity index (χ0v) is 11.0. The summed E-state index contributed by atoms with van der Waals surface area (Å²) in [5.41, 5.74) is 5.72. The molecule has 1 aromatic rings. The van der Waals surface area contributed by atoms with Gasteiger partial charge in [0.2, 0.25) is 0 Å². The van der Waals surface area contributed by atoms with Crippen molar-refractivity contribution in [2.75, 3.05) is 20.2 Å². The summed E-state index contributed by atoms with van der Waals surface area (Å²) in [5, 5.41) is 9.02. The molecule has 0 fully saturated rings. The van der Waals surface area contributed by atoms with Crippen LogP contribution >= 0.6 is 0 Å². The number of carbonyl (C=O) groups is 1. The van der Waals surface area contributed by atoms with Crippen LogP contribution in [0.2, 0.25) is 0 Å². The number of amides is 1. The van der Waals surface area contributed by atoms with E-state index < -0.39 is 11.7 Å².